The molecule has 3 rings (SSSR count). The van der Waals surface area contributed by atoms with Gasteiger partial charge in [-0.25, -0.2) is 4.39 Å². The summed E-state index contributed by atoms with van der Waals surface area (Å²) in [6.45, 7) is 0.123. The first-order valence-electron chi connectivity index (χ1n) is 6.07. The van der Waals surface area contributed by atoms with Crippen LogP contribution >= 0.6 is 27.5 Å². The predicted octanol–water partition coefficient (Wildman–Crippen LogP) is 3.97. The molecular formula is C15H8BrClFNO2. The van der Waals surface area contributed by atoms with E-state index in [0.29, 0.717) is 10.6 Å². The molecule has 0 fully saturated rings. The van der Waals surface area contributed by atoms with Crippen molar-refractivity contribution in [1.82, 2.24) is 0 Å². The average molecular weight is 369 g/mol. The largest absolute Gasteiger partial charge is 0.300 e. The van der Waals surface area contributed by atoms with Crippen LogP contribution < -0.4 is 4.90 Å². The number of anilines is 1. The highest BCUT2D eigenvalue weighted by molar-refractivity contribution is 9.10. The van der Waals surface area contributed by atoms with Crippen molar-refractivity contribution < 1.29 is 14.0 Å². The van der Waals surface area contributed by atoms with Gasteiger partial charge in [0, 0.05) is 5.02 Å². The fourth-order valence-electron chi connectivity index (χ4n) is 2.24. The van der Waals surface area contributed by atoms with Gasteiger partial charge in [-0.2, -0.15) is 0 Å². The van der Waals surface area contributed by atoms with Gasteiger partial charge < -0.3 is 4.90 Å². The topological polar surface area (TPSA) is 37.4 Å². The lowest BCUT2D eigenvalue weighted by Gasteiger charge is -2.17. The van der Waals surface area contributed by atoms with Crippen molar-refractivity contribution in [3.05, 3.63) is 62.8 Å². The SMILES string of the molecule is O=C1C(=O)N(Cc2ccccc2Cl)c2cc(F)c(Br)cc21. The molecule has 2 aromatic rings. The maximum Gasteiger partial charge on any atom is 0.299 e. The van der Waals surface area contributed by atoms with E-state index in [1.54, 1.807) is 24.3 Å². The van der Waals surface area contributed by atoms with Crippen LogP contribution in [0.1, 0.15) is 15.9 Å². The summed E-state index contributed by atoms with van der Waals surface area (Å²) in [7, 11) is 0. The fourth-order valence-corrected chi connectivity index (χ4v) is 2.78. The minimum atomic E-state index is -0.678. The highest BCUT2D eigenvalue weighted by Crippen LogP contribution is 2.34. The predicted molar refractivity (Wildman–Crippen MR) is 81.1 cm³/mol. The van der Waals surface area contributed by atoms with Crippen molar-refractivity contribution >= 4 is 44.9 Å². The van der Waals surface area contributed by atoms with E-state index in [1.807, 2.05) is 0 Å². The van der Waals surface area contributed by atoms with Crippen molar-refractivity contribution in [1.29, 1.82) is 0 Å². The average Bonchev–Trinajstić information content (AvgIpc) is 2.67. The molecular weight excluding hydrogens is 361 g/mol. The second-order valence-electron chi connectivity index (χ2n) is 4.60. The number of amides is 1. The lowest BCUT2D eigenvalue weighted by molar-refractivity contribution is -0.114. The Morgan fingerprint density at radius 1 is 1.19 bits per heavy atom. The molecule has 1 aliphatic heterocycles. The van der Waals surface area contributed by atoms with E-state index < -0.39 is 17.5 Å². The Morgan fingerprint density at radius 2 is 1.90 bits per heavy atom. The molecule has 0 aromatic heterocycles. The molecule has 6 heteroatoms. The monoisotopic (exact) mass is 367 g/mol. The first-order valence-corrected chi connectivity index (χ1v) is 7.25. The van der Waals surface area contributed by atoms with Crippen LogP contribution in [0, 0.1) is 5.82 Å². The second-order valence-corrected chi connectivity index (χ2v) is 5.86. The molecule has 0 radical (unpaired) electrons. The van der Waals surface area contributed by atoms with Crippen LogP contribution in [0.4, 0.5) is 10.1 Å². The number of hydrogen-bond acceptors (Lipinski definition) is 2. The number of nitrogens with zero attached hydrogens (tertiary/aromatic N) is 1. The fraction of sp³-hybridized carbons (Fsp3) is 0.0667. The van der Waals surface area contributed by atoms with Crippen molar-refractivity contribution in [3.8, 4) is 0 Å². The molecule has 0 unspecified atom stereocenters. The molecule has 0 N–H and O–H groups in total. The zero-order chi connectivity index (χ0) is 15.1. The molecule has 1 amide bonds. The van der Waals surface area contributed by atoms with Crippen LogP contribution in [-0.2, 0) is 11.3 Å². The molecule has 2 aromatic carbocycles. The first kappa shape index (κ1) is 14.2. The van der Waals surface area contributed by atoms with Crippen LogP contribution in [0.5, 0.6) is 0 Å². The number of carbonyl (C=O) groups excluding carboxylic acids is 2. The zero-order valence-electron chi connectivity index (χ0n) is 10.6. The standard InChI is InChI=1S/C15H8BrClFNO2/c16-10-5-9-13(6-12(10)18)19(15(21)14(9)20)7-8-3-1-2-4-11(8)17/h1-6H,7H2. The third-order valence-electron chi connectivity index (χ3n) is 3.30. The van der Waals surface area contributed by atoms with Crippen LogP contribution in [0.25, 0.3) is 0 Å². The Hall–Kier alpha value is -1.72. The number of hydrogen-bond donors (Lipinski definition) is 0. The van der Waals surface area contributed by atoms with Crippen LogP contribution in [0.15, 0.2) is 40.9 Å². The van der Waals surface area contributed by atoms with E-state index >= 15 is 0 Å². The van der Waals surface area contributed by atoms with Gasteiger partial charge >= 0.3 is 0 Å². The maximum atomic E-state index is 13.7. The Kier molecular flexibility index (Phi) is 3.55. The van der Waals surface area contributed by atoms with Gasteiger partial charge in [0.25, 0.3) is 11.7 Å². The van der Waals surface area contributed by atoms with E-state index in [1.165, 1.54) is 17.0 Å². The Morgan fingerprint density at radius 3 is 2.62 bits per heavy atom. The van der Waals surface area contributed by atoms with E-state index in [9.17, 15) is 14.0 Å². The number of benzene rings is 2. The van der Waals surface area contributed by atoms with Gasteiger partial charge in [0.05, 0.1) is 22.3 Å². The van der Waals surface area contributed by atoms with Crippen molar-refractivity contribution in [3.63, 3.8) is 0 Å². The Balaban J connectivity index is 2.06. The summed E-state index contributed by atoms with van der Waals surface area (Å²) >= 11 is 9.08. The van der Waals surface area contributed by atoms with E-state index in [2.05, 4.69) is 15.9 Å². The summed E-state index contributed by atoms with van der Waals surface area (Å²) in [5.74, 6) is -1.85. The van der Waals surface area contributed by atoms with Crippen molar-refractivity contribution in [2.24, 2.45) is 0 Å². The minimum Gasteiger partial charge on any atom is -0.300 e. The number of fused-ring (bicyclic) bond motifs is 1. The Bertz CT molecular complexity index is 778. The van der Waals surface area contributed by atoms with Crippen LogP contribution in [0.2, 0.25) is 5.02 Å². The molecule has 106 valence electrons. The quantitative estimate of drug-likeness (QED) is 0.752. The number of rotatable bonds is 2. The van der Waals surface area contributed by atoms with Gasteiger partial charge in [-0.15, -0.1) is 0 Å². The third-order valence-corrected chi connectivity index (χ3v) is 4.28. The number of halogens is 3. The smallest absolute Gasteiger partial charge is 0.299 e. The molecule has 0 saturated carbocycles. The second kappa shape index (κ2) is 5.24. The van der Waals surface area contributed by atoms with Gasteiger partial charge in [0.2, 0.25) is 0 Å². The van der Waals surface area contributed by atoms with Gasteiger partial charge in [-0.3, -0.25) is 9.59 Å². The molecule has 0 bridgehead atoms. The molecule has 21 heavy (non-hydrogen) atoms. The van der Waals surface area contributed by atoms with Gasteiger partial charge in [-0.1, -0.05) is 29.8 Å². The molecule has 0 atom stereocenters. The third kappa shape index (κ3) is 2.36. The van der Waals surface area contributed by atoms with E-state index in [0.717, 1.165) is 0 Å². The van der Waals surface area contributed by atoms with E-state index in [-0.39, 0.29) is 22.3 Å². The molecule has 1 aliphatic rings. The summed E-state index contributed by atoms with van der Waals surface area (Å²) < 4.78 is 13.9. The lowest BCUT2D eigenvalue weighted by atomic mass is 10.1. The Labute approximate surface area is 133 Å². The summed E-state index contributed by atoms with van der Waals surface area (Å²) in [5, 5.41) is 0.490. The lowest BCUT2D eigenvalue weighted by Crippen LogP contribution is -2.29. The van der Waals surface area contributed by atoms with Gasteiger partial charge in [-0.05, 0) is 39.7 Å². The summed E-state index contributed by atoms with van der Waals surface area (Å²) in [5.41, 5.74) is 1.16. The van der Waals surface area contributed by atoms with Crippen LogP contribution in [-0.4, -0.2) is 11.7 Å². The van der Waals surface area contributed by atoms with Crippen molar-refractivity contribution in [2.75, 3.05) is 4.90 Å². The summed E-state index contributed by atoms with van der Waals surface area (Å²) in [6.07, 6.45) is 0. The van der Waals surface area contributed by atoms with Gasteiger partial charge in [0.1, 0.15) is 5.82 Å². The molecule has 3 nitrogen and oxygen atoms in total. The van der Waals surface area contributed by atoms with Gasteiger partial charge in [0.15, 0.2) is 0 Å². The maximum absolute atomic E-state index is 13.7. The summed E-state index contributed by atoms with van der Waals surface area (Å²) in [4.78, 5) is 25.3. The normalized spacial score (nSPS) is 13.8. The molecule has 0 saturated heterocycles. The molecule has 0 spiro atoms. The highest BCUT2D eigenvalue weighted by atomic mass is 79.9. The number of Topliss-reactive ketones (excluding diaryl/α,β-unsaturated/α-hetero) is 1. The molecule has 0 aliphatic carbocycles. The zero-order valence-corrected chi connectivity index (χ0v) is 12.9. The number of ketones is 1. The molecule has 1 heterocycles. The van der Waals surface area contributed by atoms with Crippen molar-refractivity contribution in [2.45, 2.75) is 6.54 Å². The number of carbonyl (C=O) groups is 2. The highest BCUT2D eigenvalue weighted by Gasteiger charge is 2.36. The minimum absolute atomic E-state index is 0.123. The first-order chi connectivity index (χ1) is 9.99. The van der Waals surface area contributed by atoms with E-state index in [4.69, 9.17) is 11.6 Å². The summed E-state index contributed by atoms with van der Waals surface area (Å²) in [6, 6.07) is 9.52. The van der Waals surface area contributed by atoms with Crippen LogP contribution in [0.3, 0.4) is 0 Å².